The fraction of sp³-hybridized carbons (Fsp3) is 0.667. The summed E-state index contributed by atoms with van der Waals surface area (Å²) in [4.78, 5) is 21.5. The van der Waals surface area contributed by atoms with Crippen LogP contribution in [0, 0.1) is 0 Å². The topological polar surface area (TPSA) is 67.4 Å². The Hall–Kier alpha value is -1.69. The monoisotopic (exact) mass is 290 g/mol. The van der Waals surface area contributed by atoms with Gasteiger partial charge in [-0.05, 0) is 31.7 Å². The molecular weight excluding hydrogens is 268 g/mol. The maximum atomic E-state index is 11.0. The first-order chi connectivity index (χ1) is 10.2. The summed E-state index contributed by atoms with van der Waals surface area (Å²) in [6.45, 7) is 4.10. The quantitative estimate of drug-likeness (QED) is 0.904. The number of amides is 1. The first-order valence-electron chi connectivity index (χ1n) is 7.60. The van der Waals surface area contributed by atoms with Crippen LogP contribution in [0.25, 0.3) is 0 Å². The molecule has 0 radical (unpaired) electrons. The zero-order chi connectivity index (χ0) is 14.7. The number of hydrogen-bond acceptors (Lipinski definition) is 5. The summed E-state index contributed by atoms with van der Waals surface area (Å²) >= 11 is 0. The molecule has 3 heterocycles. The number of nitrogens with one attached hydrogen (secondary N) is 1. The van der Waals surface area contributed by atoms with Crippen LogP contribution >= 0.6 is 0 Å². The maximum absolute atomic E-state index is 11.0. The summed E-state index contributed by atoms with van der Waals surface area (Å²) in [6, 6.07) is 1.95. The number of carbonyl (C=O) groups excluding carboxylic acids is 1. The van der Waals surface area contributed by atoms with E-state index in [1.54, 1.807) is 19.4 Å². The minimum Gasteiger partial charge on any atom is -0.370 e. The fourth-order valence-electron chi connectivity index (χ4n) is 3.28. The molecule has 1 atom stereocenters. The molecule has 6 heteroatoms. The number of hydrogen-bond donors (Lipinski definition) is 1. The molecule has 1 N–H and O–H groups in total. The van der Waals surface area contributed by atoms with Crippen molar-refractivity contribution in [1.29, 1.82) is 0 Å². The normalized spacial score (nSPS) is 24.2. The molecule has 1 spiro atoms. The Morgan fingerprint density at radius 3 is 2.95 bits per heavy atom. The standard InChI is InChI=1S/C15H22N4O2/c1-12(20)17-10-13-2-4-15(21-13)5-8-19(9-6-15)14-3-7-16-11-18-14/h3,7,11,13H,2,4-6,8-10H2,1H3,(H,17,20). The Bertz CT molecular complexity index is 486. The lowest BCUT2D eigenvalue weighted by molar-refractivity contribution is -0.120. The maximum Gasteiger partial charge on any atom is 0.216 e. The van der Waals surface area contributed by atoms with E-state index >= 15 is 0 Å². The molecule has 2 aliphatic heterocycles. The Labute approximate surface area is 124 Å². The summed E-state index contributed by atoms with van der Waals surface area (Å²) < 4.78 is 6.25. The van der Waals surface area contributed by atoms with E-state index in [0.29, 0.717) is 6.54 Å². The number of carbonyl (C=O) groups is 1. The number of nitrogens with zero attached hydrogens (tertiary/aromatic N) is 3. The van der Waals surface area contributed by atoms with Gasteiger partial charge in [-0.25, -0.2) is 9.97 Å². The van der Waals surface area contributed by atoms with Crippen LogP contribution in [-0.4, -0.2) is 47.2 Å². The highest BCUT2D eigenvalue weighted by Crippen LogP contribution is 2.39. The van der Waals surface area contributed by atoms with Gasteiger partial charge in [0.05, 0.1) is 11.7 Å². The van der Waals surface area contributed by atoms with Crippen molar-refractivity contribution in [3.63, 3.8) is 0 Å². The molecule has 0 saturated carbocycles. The van der Waals surface area contributed by atoms with Crippen molar-refractivity contribution in [3.05, 3.63) is 18.6 Å². The van der Waals surface area contributed by atoms with Crippen molar-refractivity contribution in [3.8, 4) is 0 Å². The Balaban J connectivity index is 1.53. The van der Waals surface area contributed by atoms with Crippen molar-refractivity contribution in [2.75, 3.05) is 24.5 Å². The van der Waals surface area contributed by atoms with Crippen molar-refractivity contribution in [1.82, 2.24) is 15.3 Å². The molecule has 1 amide bonds. The van der Waals surface area contributed by atoms with E-state index < -0.39 is 0 Å². The Morgan fingerprint density at radius 2 is 2.29 bits per heavy atom. The van der Waals surface area contributed by atoms with Crippen LogP contribution < -0.4 is 10.2 Å². The van der Waals surface area contributed by atoms with Crippen molar-refractivity contribution in [2.45, 2.75) is 44.3 Å². The summed E-state index contributed by atoms with van der Waals surface area (Å²) in [5.74, 6) is 1.01. The average Bonchev–Trinajstić information content (AvgIpc) is 2.90. The third-order valence-electron chi connectivity index (χ3n) is 4.48. The van der Waals surface area contributed by atoms with Gasteiger partial charge in [0.15, 0.2) is 0 Å². The van der Waals surface area contributed by atoms with Gasteiger partial charge in [-0.15, -0.1) is 0 Å². The van der Waals surface area contributed by atoms with Crippen LogP contribution in [0.1, 0.15) is 32.6 Å². The first kappa shape index (κ1) is 14.3. The summed E-state index contributed by atoms with van der Waals surface area (Å²) in [6.07, 6.45) is 7.71. The van der Waals surface area contributed by atoms with Gasteiger partial charge in [0.1, 0.15) is 12.1 Å². The number of ether oxygens (including phenoxy) is 1. The highest BCUT2D eigenvalue weighted by Gasteiger charge is 2.42. The molecule has 1 aromatic rings. The van der Waals surface area contributed by atoms with Gasteiger partial charge in [0.2, 0.25) is 5.91 Å². The van der Waals surface area contributed by atoms with Crippen LogP contribution in [0.5, 0.6) is 0 Å². The summed E-state index contributed by atoms with van der Waals surface area (Å²) in [5, 5.41) is 2.85. The predicted molar refractivity (Wildman–Crippen MR) is 79.0 cm³/mol. The predicted octanol–water partition coefficient (Wildman–Crippen LogP) is 1.13. The molecule has 1 aromatic heterocycles. The van der Waals surface area contributed by atoms with Crippen molar-refractivity contribution >= 4 is 11.7 Å². The van der Waals surface area contributed by atoms with E-state index in [1.165, 1.54) is 0 Å². The van der Waals surface area contributed by atoms with E-state index in [4.69, 9.17) is 4.74 Å². The van der Waals surface area contributed by atoms with Crippen LogP contribution in [0.4, 0.5) is 5.82 Å². The van der Waals surface area contributed by atoms with E-state index in [-0.39, 0.29) is 17.6 Å². The van der Waals surface area contributed by atoms with Gasteiger partial charge in [-0.2, -0.15) is 0 Å². The van der Waals surface area contributed by atoms with Gasteiger partial charge in [-0.1, -0.05) is 0 Å². The second-order valence-corrected chi connectivity index (χ2v) is 5.95. The SMILES string of the molecule is CC(=O)NCC1CCC2(CCN(c3ccncn3)CC2)O1. The molecule has 3 rings (SSSR count). The van der Waals surface area contributed by atoms with Gasteiger partial charge >= 0.3 is 0 Å². The fourth-order valence-corrected chi connectivity index (χ4v) is 3.28. The molecule has 21 heavy (non-hydrogen) atoms. The molecule has 2 fully saturated rings. The second kappa shape index (κ2) is 5.97. The zero-order valence-electron chi connectivity index (χ0n) is 12.4. The number of piperidine rings is 1. The number of aromatic nitrogens is 2. The van der Waals surface area contributed by atoms with Crippen LogP contribution in [0.3, 0.4) is 0 Å². The second-order valence-electron chi connectivity index (χ2n) is 5.95. The largest absolute Gasteiger partial charge is 0.370 e. The van der Waals surface area contributed by atoms with Gasteiger partial charge < -0.3 is 15.0 Å². The third kappa shape index (κ3) is 3.32. The zero-order valence-corrected chi connectivity index (χ0v) is 12.4. The lowest BCUT2D eigenvalue weighted by atomic mass is 9.88. The van der Waals surface area contributed by atoms with Crippen LogP contribution in [-0.2, 0) is 9.53 Å². The molecule has 0 bridgehead atoms. The molecule has 2 saturated heterocycles. The molecule has 1 unspecified atom stereocenters. The van der Waals surface area contributed by atoms with E-state index in [2.05, 4.69) is 20.2 Å². The van der Waals surface area contributed by atoms with Crippen LogP contribution in [0.15, 0.2) is 18.6 Å². The average molecular weight is 290 g/mol. The highest BCUT2D eigenvalue weighted by atomic mass is 16.5. The number of anilines is 1. The molecule has 0 aliphatic carbocycles. The third-order valence-corrected chi connectivity index (χ3v) is 4.48. The lowest BCUT2D eigenvalue weighted by Crippen LogP contribution is -2.45. The minimum absolute atomic E-state index is 0.00661. The van der Waals surface area contributed by atoms with Crippen molar-refractivity contribution in [2.24, 2.45) is 0 Å². The minimum atomic E-state index is 0.00661. The Morgan fingerprint density at radius 1 is 1.48 bits per heavy atom. The summed E-state index contributed by atoms with van der Waals surface area (Å²) in [7, 11) is 0. The Kier molecular flexibility index (Phi) is 4.05. The molecule has 2 aliphatic rings. The van der Waals surface area contributed by atoms with Gasteiger partial charge in [-0.3, -0.25) is 4.79 Å². The molecule has 6 nitrogen and oxygen atoms in total. The summed E-state index contributed by atoms with van der Waals surface area (Å²) in [5.41, 5.74) is 0.00661. The highest BCUT2D eigenvalue weighted by molar-refractivity contribution is 5.72. The van der Waals surface area contributed by atoms with E-state index in [9.17, 15) is 4.79 Å². The lowest BCUT2D eigenvalue weighted by Gasteiger charge is -2.39. The number of rotatable bonds is 3. The molecular formula is C15H22N4O2. The van der Waals surface area contributed by atoms with Crippen LogP contribution in [0.2, 0.25) is 0 Å². The smallest absolute Gasteiger partial charge is 0.216 e. The first-order valence-corrected chi connectivity index (χ1v) is 7.60. The van der Waals surface area contributed by atoms with Gasteiger partial charge in [0.25, 0.3) is 0 Å². The van der Waals surface area contributed by atoms with Gasteiger partial charge in [0, 0.05) is 32.8 Å². The van der Waals surface area contributed by atoms with E-state index in [0.717, 1.165) is 44.6 Å². The van der Waals surface area contributed by atoms with Crippen molar-refractivity contribution < 1.29 is 9.53 Å². The molecule has 0 aromatic carbocycles. The van der Waals surface area contributed by atoms with E-state index in [1.807, 2.05) is 6.07 Å². The molecule has 114 valence electrons.